The summed E-state index contributed by atoms with van der Waals surface area (Å²) in [7, 11) is 0. The average Bonchev–Trinajstić information content (AvgIpc) is 2.34. The molecule has 1 fully saturated rings. The Morgan fingerprint density at radius 1 is 1.33 bits per heavy atom. The highest BCUT2D eigenvalue weighted by molar-refractivity contribution is 4.73. The lowest BCUT2D eigenvalue weighted by Gasteiger charge is -2.02. The number of hydrogen-bond donors (Lipinski definition) is 2. The van der Waals surface area contributed by atoms with E-state index in [1.807, 2.05) is 0 Å². The van der Waals surface area contributed by atoms with Crippen molar-refractivity contribution in [1.29, 1.82) is 0 Å². The third-order valence-electron chi connectivity index (χ3n) is 1.76. The first-order valence-electron chi connectivity index (χ1n) is 3.38. The van der Waals surface area contributed by atoms with Crippen LogP contribution in [0, 0.1) is 5.92 Å². The summed E-state index contributed by atoms with van der Waals surface area (Å²) in [4.78, 5) is 0. The van der Waals surface area contributed by atoms with E-state index in [-0.39, 0.29) is 6.10 Å². The summed E-state index contributed by atoms with van der Waals surface area (Å²) in [5.74, 6) is 0.554. The van der Waals surface area contributed by atoms with Gasteiger partial charge in [-0.05, 0) is 18.9 Å². The maximum Gasteiger partial charge on any atom is 0.0701 e. The van der Waals surface area contributed by atoms with Gasteiger partial charge in [-0.1, -0.05) is 0 Å². The van der Waals surface area contributed by atoms with Crippen molar-refractivity contribution in [2.45, 2.75) is 12.5 Å². The van der Waals surface area contributed by atoms with E-state index >= 15 is 0 Å². The third kappa shape index (κ3) is 1.64. The molecule has 3 heteroatoms. The summed E-state index contributed by atoms with van der Waals surface area (Å²) >= 11 is 0. The molecule has 0 spiro atoms. The minimum Gasteiger partial charge on any atom is -0.377 e. The molecule has 0 saturated carbocycles. The van der Waals surface area contributed by atoms with Crippen LogP contribution in [0.2, 0.25) is 0 Å². The minimum atomic E-state index is 0.276. The second-order valence-corrected chi connectivity index (χ2v) is 2.53. The summed E-state index contributed by atoms with van der Waals surface area (Å²) in [6.07, 6.45) is 1.33. The smallest absolute Gasteiger partial charge is 0.0701 e. The highest BCUT2D eigenvalue weighted by Crippen LogP contribution is 2.16. The van der Waals surface area contributed by atoms with Crippen LogP contribution in [0.4, 0.5) is 0 Å². The van der Waals surface area contributed by atoms with Crippen LogP contribution in [0.1, 0.15) is 6.42 Å². The Hall–Kier alpha value is -0.120. The molecule has 1 heterocycles. The zero-order valence-corrected chi connectivity index (χ0v) is 5.55. The van der Waals surface area contributed by atoms with Crippen LogP contribution in [0.25, 0.3) is 0 Å². The first kappa shape index (κ1) is 6.99. The largest absolute Gasteiger partial charge is 0.377 e. The van der Waals surface area contributed by atoms with Crippen molar-refractivity contribution in [3.05, 3.63) is 0 Å². The van der Waals surface area contributed by atoms with Crippen LogP contribution in [0.15, 0.2) is 0 Å². The second kappa shape index (κ2) is 3.15. The van der Waals surface area contributed by atoms with E-state index in [0.717, 1.165) is 19.6 Å². The molecule has 4 N–H and O–H groups in total. The fourth-order valence-electron chi connectivity index (χ4n) is 1.11. The van der Waals surface area contributed by atoms with Crippen molar-refractivity contribution in [1.82, 2.24) is 0 Å². The molecule has 1 aliphatic heterocycles. The van der Waals surface area contributed by atoms with E-state index in [2.05, 4.69) is 0 Å². The average molecular weight is 130 g/mol. The number of ether oxygens (including phenoxy) is 1. The Morgan fingerprint density at radius 3 is 2.44 bits per heavy atom. The molecule has 1 aliphatic rings. The number of rotatable bonds is 2. The van der Waals surface area contributed by atoms with Gasteiger partial charge in [-0.2, -0.15) is 0 Å². The lowest BCUT2D eigenvalue weighted by atomic mass is 10.1. The van der Waals surface area contributed by atoms with Gasteiger partial charge >= 0.3 is 0 Å². The van der Waals surface area contributed by atoms with Gasteiger partial charge in [0.25, 0.3) is 0 Å². The molecule has 1 rings (SSSR count). The predicted octanol–water partition coefficient (Wildman–Crippen LogP) is -0.691. The van der Waals surface area contributed by atoms with E-state index in [1.165, 1.54) is 0 Å². The van der Waals surface area contributed by atoms with Crippen molar-refractivity contribution in [3.8, 4) is 0 Å². The highest BCUT2D eigenvalue weighted by atomic mass is 16.5. The van der Waals surface area contributed by atoms with Gasteiger partial charge < -0.3 is 16.2 Å². The SMILES string of the molecule is NCC1COC(CN)C1. The molecule has 0 radical (unpaired) electrons. The Balaban J connectivity index is 2.20. The zero-order valence-electron chi connectivity index (χ0n) is 5.55. The van der Waals surface area contributed by atoms with Crippen molar-refractivity contribution >= 4 is 0 Å². The Kier molecular flexibility index (Phi) is 2.45. The molecule has 0 aromatic carbocycles. The molecule has 0 aliphatic carbocycles. The second-order valence-electron chi connectivity index (χ2n) is 2.53. The van der Waals surface area contributed by atoms with Crippen LogP contribution >= 0.6 is 0 Å². The standard InChI is InChI=1S/C6H14N2O/c7-2-5-1-6(3-8)9-4-5/h5-6H,1-4,7-8H2. The van der Waals surface area contributed by atoms with Crippen molar-refractivity contribution in [2.75, 3.05) is 19.7 Å². The van der Waals surface area contributed by atoms with Gasteiger partial charge in [-0.25, -0.2) is 0 Å². The quantitative estimate of drug-likeness (QED) is 0.520. The zero-order chi connectivity index (χ0) is 6.69. The van der Waals surface area contributed by atoms with Crippen LogP contribution in [-0.4, -0.2) is 25.8 Å². The monoisotopic (exact) mass is 130 g/mol. The molecule has 2 atom stereocenters. The highest BCUT2D eigenvalue weighted by Gasteiger charge is 2.22. The van der Waals surface area contributed by atoms with Crippen LogP contribution in [0.3, 0.4) is 0 Å². The summed E-state index contributed by atoms with van der Waals surface area (Å²) in [6, 6.07) is 0. The van der Waals surface area contributed by atoms with E-state index in [4.69, 9.17) is 16.2 Å². The molecule has 0 aromatic heterocycles. The van der Waals surface area contributed by atoms with E-state index in [9.17, 15) is 0 Å². The first-order chi connectivity index (χ1) is 4.36. The summed E-state index contributed by atoms with van der Waals surface area (Å²) in [6.45, 7) is 2.17. The molecule has 9 heavy (non-hydrogen) atoms. The summed E-state index contributed by atoms with van der Waals surface area (Å²) in [5, 5.41) is 0. The van der Waals surface area contributed by atoms with Gasteiger partial charge in [0.15, 0.2) is 0 Å². The van der Waals surface area contributed by atoms with Crippen LogP contribution in [0.5, 0.6) is 0 Å². The Morgan fingerprint density at radius 2 is 2.11 bits per heavy atom. The molecule has 2 unspecified atom stereocenters. The maximum atomic E-state index is 5.43. The third-order valence-corrected chi connectivity index (χ3v) is 1.76. The molecular formula is C6H14N2O. The van der Waals surface area contributed by atoms with Crippen LogP contribution < -0.4 is 11.5 Å². The van der Waals surface area contributed by atoms with Gasteiger partial charge in [0.05, 0.1) is 12.7 Å². The number of nitrogens with two attached hydrogens (primary N) is 2. The molecule has 0 aromatic rings. The molecule has 1 saturated heterocycles. The number of hydrogen-bond acceptors (Lipinski definition) is 3. The van der Waals surface area contributed by atoms with Crippen molar-refractivity contribution in [2.24, 2.45) is 17.4 Å². The van der Waals surface area contributed by atoms with Gasteiger partial charge in [0.2, 0.25) is 0 Å². The molecule has 3 nitrogen and oxygen atoms in total. The lowest BCUT2D eigenvalue weighted by molar-refractivity contribution is 0.113. The summed E-state index contributed by atoms with van der Waals surface area (Å²) < 4.78 is 5.30. The normalized spacial score (nSPS) is 35.3. The molecular weight excluding hydrogens is 116 g/mol. The molecule has 0 bridgehead atoms. The topological polar surface area (TPSA) is 61.3 Å². The van der Waals surface area contributed by atoms with E-state index < -0.39 is 0 Å². The first-order valence-corrected chi connectivity index (χ1v) is 3.38. The Bertz CT molecular complexity index is 77.1. The van der Waals surface area contributed by atoms with Gasteiger partial charge in [-0.3, -0.25) is 0 Å². The van der Waals surface area contributed by atoms with E-state index in [1.54, 1.807) is 0 Å². The van der Waals surface area contributed by atoms with Crippen molar-refractivity contribution in [3.63, 3.8) is 0 Å². The fraction of sp³-hybridized carbons (Fsp3) is 1.00. The van der Waals surface area contributed by atoms with Gasteiger partial charge in [0, 0.05) is 6.54 Å². The predicted molar refractivity (Wildman–Crippen MR) is 36.0 cm³/mol. The summed E-state index contributed by atoms with van der Waals surface area (Å²) in [5.41, 5.74) is 10.8. The Labute approximate surface area is 55.4 Å². The van der Waals surface area contributed by atoms with E-state index in [0.29, 0.717) is 12.5 Å². The fourth-order valence-corrected chi connectivity index (χ4v) is 1.11. The molecule has 0 amide bonds. The van der Waals surface area contributed by atoms with Crippen molar-refractivity contribution < 1.29 is 4.74 Å². The molecule has 54 valence electrons. The minimum absolute atomic E-state index is 0.276. The van der Waals surface area contributed by atoms with Gasteiger partial charge in [0.1, 0.15) is 0 Å². The maximum absolute atomic E-state index is 5.43. The van der Waals surface area contributed by atoms with Gasteiger partial charge in [-0.15, -0.1) is 0 Å². The lowest BCUT2D eigenvalue weighted by Crippen LogP contribution is -2.19. The van der Waals surface area contributed by atoms with Crippen LogP contribution in [-0.2, 0) is 4.74 Å².